The molecule has 9 heteroatoms. The van der Waals surface area contributed by atoms with Crippen molar-refractivity contribution in [3.8, 4) is 11.5 Å². The normalized spacial score (nSPS) is 14.7. The molecular formula is C19H25N7O2. The Morgan fingerprint density at radius 1 is 1.18 bits per heavy atom. The maximum Gasteiger partial charge on any atom is 0.226 e. The lowest BCUT2D eigenvalue weighted by molar-refractivity contribution is 0.391. The lowest BCUT2D eigenvalue weighted by atomic mass is 10.2. The number of aromatic nitrogens is 4. The molecule has 0 saturated heterocycles. The molecule has 0 aliphatic heterocycles. The zero-order valence-corrected chi connectivity index (χ0v) is 16.3. The van der Waals surface area contributed by atoms with E-state index in [1.54, 1.807) is 25.1 Å². The minimum atomic E-state index is -0.130. The van der Waals surface area contributed by atoms with E-state index in [0.29, 0.717) is 24.9 Å². The largest absolute Gasteiger partial charge is 0.497 e. The molecule has 0 bridgehead atoms. The van der Waals surface area contributed by atoms with E-state index in [0.717, 1.165) is 40.9 Å². The molecule has 0 amide bonds. The number of hydrogen-bond acceptors (Lipinski definition) is 8. The Labute approximate surface area is 163 Å². The van der Waals surface area contributed by atoms with Gasteiger partial charge in [0.05, 0.1) is 25.8 Å². The summed E-state index contributed by atoms with van der Waals surface area (Å²) in [6, 6.07) is 5.74. The molecule has 2 aromatic heterocycles. The summed E-state index contributed by atoms with van der Waals surface area (Å²) < 4.78 is 12.5. The molecule has 1 saturated carbocycles. The standard InChI is InChI=1S/C19H25N7O2/c1-26-17-14(10-23-26)16(24-18(25-17)22-11-19(20)6-7-19)21-9-12-4-5-13(27-2)8-15(12)28-3/h4-5,8,10H,6-7,9,11,20H2,1-3H3,(H2,21,22,24,25). The minimum Gasteiger partial charge on any atom is -0.497 e. The molecular weight excluding hydrogens is 358 g/mol. The van der Waals surface area contributed by atoms with Gasteiger partial charge >= 0.3 is 0 Å². The van der Waals surface area contributed by atoms with Crippen LogP contribution < -0.4 is 25.8 Å². The van der Waals surface area contributed by atoms with Crippen LogP contribution in [0.25, 0.3) is 11.0 Å². The van der Waals surface area contributed by atoms with Crippen LogP contribution in [0.1, 0.15) is 18.4 Å². The second-order valence-electron chi connectivity index (χ2n) is 7.15. The van der Waals surface area contributed by atoms with Crippen LogP contribution in [0.2, 0.25) is 0 Å². The van der Waals surface area contributed by atoms with Gasteiger partial charge in [0.2, 0.25) is 5.95 Å². The van der Waals surface area contributed by atoms with Gasteiger partial charge in [-0.25, -0.2) is 0 Å². The predicted octanol–water partition coefficient (Wildman–Crippen LogP) is 1.90. The zero-order chi connectivity index (χ0) is 19.7. The number of nitrogens with two attached hydrogens (primary N) is 1. The monoisotopic (exact) mass is 383 g/mol. The lowest BCUT2D eigenvalue weighted by Crippen LogP contribution is -2.31. The molecule has 1 fully saturated rings. The van der Waals surface area contributed by atoms with Crippen LogP contribution in [0.3, 0.4) is 0 Å². The Morgan fingerprint density at radius 2 is 2.00 bits per heavy atom. The number of nitrogens with zero attached hydrogens (tertiary/aromatic N) is 4. The van der Waals surface area contributed by atoms with Gasteiger partial charge in [0.1, 0.15) is 17.3 Å². The van der Waals surface area contributed by atoms with Crippen LogP contribution in [0.4, 0.5) is 11.8 Å². The molecule has 0 radical (unpaired) electrons. The van der Waals surface area contributed by atoms with E-state index in [9.17, 15) is 0 Å². The number of fused-ring (bicyclic) bond motifs is 1. The summed E-state index contributed by atoms with van der Waals surface area (Å²) >= 11 is 0. The summed E-state index contributed by atoms with van der Waals surface area (Å²) in [7, 11) is 5.14. The molecule has 0 spiro atoms. The fraction of sp³-hybridized carbons (Fsp3) is 0.421. The van der Waals surface area contributed by atoms with E-state index in [4.69, 9.17) is 15.2 Å². The van der Waals surface area contributed by atoms with Crippen LogP contribution in [-0.2, 0) is 13.6 Å². The molecule has 4 rings (SSSR count). The van der Waals surface area contributed by atoms with Gasteiger partial charge in [0, 0.05) is 37.3 Å². The first-order valence-electron chi connectivity index (χ1n) is 9.18. The number of methoxy groups -OCH3 is 2. The summed E-state index contributed by atoms with van der Waals surface area (Å²) in [4.78, 5) is 9.22. The lowest BCUT2D eigenvalue weighted by Gasteiger charge is -2.14. The highest BCUT2D eigenvalue weighted by Gasteiger charge is 2.38. The smallest absolute Gasteiger partial charge is 0.226 e. The molecule has 148 valence electrons. The number of ether oxygens (including phenoxy) is 2. The van der Waals surface area contributed by atoms with Crippen molar-refractivity contribution in [1.29, 1.82) is 0 Å². The molecule has 28 heavy (non-hydrogen) atoms. The van der Waals surface area contributed by atoms with Gasteiger partial charge in [-0.05, 0) is 25.0 Å². The van der Waals surface area contributed by atoms with E-state index in [1.165, 1.54) is 0 Å². The van der Waals surface area contributed by atoms with E-state index in [-0.39, 0.29) is 5.54 Å². The van der Waals surface area contributed by atoms with Gasteiger partial charge in [0.15, 0.2) is 5.65 Å². The van der Waals surface area contributed by atoms with E-state index >= 15 is 0 Å². The van der Waals surface area contributed by atoms with E-state index in [1.807, 2.05) is 25.2 Å². The van der Waals surface area contributed by atoms with Crippen molar-refractivity contribution in [3.05, 3.63) is 30.0 Å². The molecule has 2 heterocycles. The fourth-order valence-corrected chi connectivity index (χ4v) is 3.01. The van der Waals surface area contributed by atoms with Crippen molar-refractivity contribution < 1.29 is 9.47 Å². The van der Waals surface area contributed by atoms with E-state index in [2.05, 4.69) is 25.7 Å². The Morgan fingerprint density at radius 3 is 2.71 bits per heavy atom. The second-order valence-corrected chi connectivity index (χ2v) is 7.15. The predicted molar refractivity (Wildman–Crippen MR) is 108 cm³/mol. The van der Waals surface area contributed by atoms with Crippen molar-refractivity contribution in [3.63, 3.8) is 0 Å². The Kier molecular flexibility index (Phi) is 4.68. The number of benzene rings is 1. The summed E-state index contributed by atoms with van der Waals surface area (Å²) in [5, 5.41) is 11.8. The number of rotatable bonds is 8. The highest BCUT2D eigenvalue weighted by atomic mass is 16.5. The molecule has 1 aliphatic carbocycles. The van der Waals surface area contributed by atoms with Crippen molar-refractivity contribution in [2.45, 2.75) is 24.9 Å². The highest BCUT2D eigenvalue weighted by Crippen LogP contribution is 2.32. The van der Waals surface area contributed by atoms with Crippen molar-refractivity contribution >= 4 is 22.8 Å². The fourth-order valence-electron chi connectivity index (χ4n) is 3.01. The van der Waals surface area contributed by atoms with Crippen LogP contribution in [0.15, 0.2) is 24.4 Å². The Hall–Kier alpha value is -3.07. The van der Waals surface area contributed by atoms with E-state index < -0.39 is 0 Å². The quantitative estimate of drug-likeness (QED) is 0.541. The molecule has 9 nitrogen and oxygen atoms in total. The minimum absolute atomic E-state index is 0.130. The number of anilines is 2. The van der Waals surface area contributed by atoms with Crippen molar-refractivity contribution in [1.82, 2.24) is 19.7 Å². The van der Waals surface area contributed by atoms with Crippen molar-refractivity contribution in [2.75, 3.05) is 31.4 Å². The zero-order valence-electron chi connectivity index (χ0n) is 16.3. The van der Waals surface area contributed by atoms with Crippen LogP contribution in [0.5, 0.6) is 11.5 Å². The molecule has 0 atom stereocenters. The molecule has 0 unspecified atom stereocenters. The Bertz CT molecular complexity index is 997. The average molecular weight is 383 g/mol. The second kappa shape index (κ2) is 7.16. The molecule has 1 aliphatic rings. The number of nitrogens with one attached hydrogen (secondary N) is 2. The van der Waals surface area contributed by atoms with Gasteiger partial charge in [-0.15, -0.1) is 0 Å². The third-order valence-corrected chi connectivity index (χ3v) is 5.02. The third-order valence-electron chi connectivity index (χ3n) is 5.02. The van der Waals surface area contributed by atoms with Gasteiger partial charge in [-0.3, -0.25) is 4.68 Å². The molecule has 3 aromatic rings. The SMILES string of the molecule is COc1ccc(CNc2nc(NCC3(N)CC3)nc3c2cnn3C)c(OC)c1. The summed E-state index contributed by atoms with van der Waals surface area (Å²) in [5.74, 6) is 2.75. The summed E-state index contributed by atoms with van der Waals surface area (Å²) in [6.45, 7) is 1.19. The Balaban J connectivity index is 1.58. The summed E-state index contributed by atoms with van der Waals surface area (Å²) in [5.41, 5.74) is 7.79. The highest BCUT2D eigenvalue weighted by molar-refractivity contribution is 5.87. The topological polar surface area (TPSA) is 112 Å². The van der Waals surface area contributed by atoms with Crippen LogP contribution in [-0.4, -0.2) is 46.1 Å². The van der Waals surface area contributed by atoms with Gasteiger partial charge in [-0.1, -0.05) is 0 Å². The first-order valence-corrected chi connectivity index (χ1v) is 9.18. The third kappa shape index (κ3) is 3.65. The van der Waals surface area contributed by atoms with Crippen molar-refractivity contribution in [2.24, 2.45) is 12.8 Å². The maximum atomic E-state index is 6.17. The summed E-state index contributed by atoms with van der Waals surface area (Å²) in [6.07, 6.45) is 3.81. The number of aryl methyl sites for hydroxylation is 1. The van der Waals surface area contributed by atoms with Crippen LogP contribution in [0, 0.1) is 0 Å². The van der Waals surface area contributed by atoms with Gasteiger partial charge in [-0.2, -0.15) is 15.1 Å². The van der Waals surface area contributed by atoms with Crippen LogP contribution >= 0.6 is 0 Å². The van der Waals surface area contributed by atoms with Gasteiger partial charge in [0.25, 0.3) is 0 Å². The first kappa shape index (κ1) is 18.3. The van der Waals surface area contributed by atoms with Gasteiger partial charge < -0.3 is 25.8 Å². The first-order chi connectivity index (χ1) is 13.5. The molecule has 1 aromatic carbocycles. The molecule has 4 N–H and O–H groups in total. The average Bonchev–Trinajstić information content (AvgIpc) is 3.34. The maximum absolute atomic E-state index is 6.17. The number of hydrogen-bond donors (Lipinski definition) is 3.